The molecule has 1 saturated heterocycles. The van der Waals surface area contributed by atoms with Gasteiger partial charge in [0.2, 0.25) is 11.8 Å². The monoisotopic (exact) mass is 433 g/mol. The third kappa shape index (κ3) is 4.85. The van der Waals surface area contributed by atoms with Crippen molar-refractivity contribution in [3.05, 3.63) is 77.4 Å². The van der Waals surface area contributed by atoms with Crippen LogP contribution in [-0.2, 0) is 22.4 Å². The second-order valence-corrected chi connectivity index (χ2v) is 9.12. The third-order valence-electron chi connectivity index (χ3n) is 6.02. The number of amides is 2. The van der Waals surface area contributed by atoms with E-state index in [9.17, 15) is 9.59 Å². The van der Waals surface area contributed by atoms with E-state index in [1.165, 1.54) is 10.4 Å². The number of likely N-dealkylation sites (tertiary alicyclic amines) is 1. The number of pyridine rings is 1. The molecule has 0 spiro atoms. The van der Waals surface area contributed by atoms with Gasteiger partial charge in [0.05, 0.1) is 11.8 Å². The normalized spacial score (nSPS) is 18.5. The smallest absolute Gasteiger partial charge is 0.228 e. The molecule has 0 radical (unpaired) electrons. The Labute approximate surface area is 187 Å². The molecule has 0 aliphatic carbocycles. The molecule has 3 heterocycles. The lowest BCUT2D eigenvalue weighted by molar-refractivity contribution is -0.141. The van der Waals surface area contributed by atoms with E-state index in [0.29, 0.717) is 25.9 Å². The standard InChI is InChI=1S/C25H27N3O2S/c1-26-24(30)25(16-19-7-9-21(10-8-19)22-6-3-14-31-22)11-4-13-28(18-25)23(29)15-20-5-2-12-27-17-20/h2-3,5-10,12,14,17H,4,11,13,15-16,18H2,1H3,(H,26,30)/t25-/m1/s1. The Bertz CT molecular complexity index is 1020. The molecule has 1 aromatic carbocycles. The van der Waals surface area contributed by atoms with Gasteiger partial charge in [-0.2, -0.15) is 0 Å². The number of rotatable bonds is 6. The van der Waals surface area contributed by atoms with Gasteiger partial charge in [0.25, 0.3) is 0 Å². The molecule has 0 unspecified atom stereocenters. The summed E-state index contributed by atoms with van der Waals surface area (Å²) in [6.45, 7) is 1.13. The van der Waals surface area contributed by atoms with Gasteiger partial charge in [-0.15, -0.1) is 11.3 Å². The lowest BCUT2D eigenvalue weighted by Gasteiger charge is -2.41. The van der Waals surface area contributed by atoms with Crippen molar-refractivity contribution in [3.8, 4) is 10.4 Å². The van der Waals surface area contributed by atoms with Crippen molar-refractivity contribution >= 4 is 23.2 Å². The molecule has 4 rings (SSSR count). The Morgan fingerprint density at radius 1 is 1.13 bits per heavy atom. The van der Waals surface area contributed by atoms with Crippen molar-refractivity contribution < 1.29 is 9.59 Å². The number of benzene rings is 1. The van der Waals surface area contributed by atoms with Gasteiger partial charge < -0.3 is 10.2 Å². The number of nitrogens with one attached hydrogen (secondary N) is 1. The van der Waals surface area contributed by atoms with Gasteiger partial charge in [-0.25, -0.2) is 0 Å². The molecule has 2 aromatic heterocycles. The third-order valence-corrected chi connectivity index (χ3v) is 6.94. The number of thiophene rings is 1. The Hall–Kier alpha value is -2.99. The molecule has 160 valence electrons. The molecule has 1 aliphatic rings. The van der Waals surface area contributed by atoms with Gasteiger partial charge in [0.1, 0.15) is 0 Å². The molecule has 0 bridgehead atoms. The van der Waals surface area contributed by atoms with Gasteiger partial charge in [-0.3, -0.25) is 14.6 Å². The highest BCUT2D eigenvalue weighted by atomic mass is 32.1. The zero-order chi connectivity index (χ0) is 21.7. The van der Waals surface area contributed by atoms with Crippen LogP contribution in [0.4, 0.5) is 0 Å². The summed E-state index contributed by atoms with van der Waals surface area (Å²) in [6.07, 6.45) is 5.95. The Kier molecular flexibility index (Phi) is 6.47. The molecule has 1 N–H and O–H groups in total. The van der Waals surface area contributed by atoms with Crippen LogP contribution in [0.5, 0.6) is 0 Å². The molecular weight excluding hydrogens is 406 g/mol. The maximum Gasteiger partial charge on any atom is 0.228 e. The van der Waals surface area contributed by atoms with Crippen molar-refractivity contribution in [1.82, 2.24) is 15.2 Å². The highest BCUT2D eigenvalue weighted by Gasteiger charge is 2.43. The van der Waals surface area contributed by atoms with E-state index in [-0.39, 0.29) is 11.8 Å². The summed E-state index contributed by atoms with van der Waals surface area (Å²) >= 11 is 1.72. The summed E-state index contributed by atoms with van der Waals surface area (Å²) in [5.41, 5.74) is 2.59. The number of carbonyl (C=O) groups excluding carboxylic acids is 2. The lowest BCUT2D eigenvalue weighted by Crippen LogP contribution is -2.54. The molecule has 1 aliphatic heterocycles. The number of carbonyl (C=O) groups is 2. The van der Waals surface area contributed by atoms with Crippen LogP contribution in [-0.4, -0.2) is 41.8 Å². The molecule has 5 nitrogen and oxygen atoms in total. The van der Waals surface area contributed by atoms with Crippen molar-refractivity contribution in [3.63, 3.8) is 0 Å². The second-order valence-electron chi connectivity index (χ2n) is 8.17. The molecule has 6 heteroatoms. The van der Waals surface area contributed by atoms with Crippen LogP contribution in [0.25, 0.3) is 10.4 Å². The minimum absolute atomic E-state index is 0.00807. The van der Waals surface area contributed by atoms with Crippen molar-refractivity contribution in [2.24, 2.45) is 5.41 Å². The highest BCUT2D eigenvalue weighted by Crippen LogP contribution is 2.35. The molecule has 1 atom stereocenters. The molecule has 3 aromatic rings. The summed E-state index contributed by atoms with van der Waals surface area (Å²) in [5, 5.41) is 4.93. The summed E-state index contributed by atoms with van der Waals surface area (Å²) in [5.74, 6) is 0.0581. The van der Waals surface area contributed by atoms with Crippen molar-refractivity contribution in [2.45, 2.75) is 25.7 Å². The maximum absolute atomic E-state index is 13.0. The number of piperidine rings is 1. The zero-order valence-electron chi connectivity index (χ0n) is 17.7. The van der Waals surface area contributed by atoms with Crippen molar-refractivity contribution in [1.29, 1.82) is 0 Å². The first-order valence-corrected chi connectivity index (χ1v) is 11.5. The van der Waals surface area contributed by atoms with E-state index in [2.05, 4.69) is 46.0 Å². The van der Waals surface area contributed by atoms with Crippen LogP contribution in [0.3, 0.4) is 0 Å². The summed E-state index contributed by atoms with van der Waals surface area (Å²) in [6, 6.07) is 16.4. The topological polar surface area (TPSA) is 62.3 Å². The fraction of sp³-hybridized carbons (Fsp3) is 0.320. The van der Waals surface area contributed by atoms with Crippen LogP contribution < -0.4 is 5.32 Å². The van der Waals surface area contributed by atoms with Crippen molar-refractivity contribution in [2.75, 3.05) is 20.1 Å². The van der Waals surface area contributed by atoms with E-state index < -0.39 is 5.41 Å². The van der Waals surface area contributed by atoms with Crippen LogP contribution in [0.2, 0.25) is 0 Å². The van der Waals surface area contributed by atoms with E-state index in [4.69, 9.17) is 0 Å². The van der Waals surface area contributed by atoms with Crippen LogP contribution in [0, 0.1) is 5.41 Å². The Morgan fingerprint density at radius 2 is 1.97 bits per heavy atom. The van der Waals surface area contributed by atoms with E-state index in [0.717, 1.165) is 24.0 Å². The quantitative estimate of drug-likeness (QED) is 0.640. The molecule has 0 saturated carbocycles. The van der Waals surface area contributed by atoms with Gasteiger partial charge >= 0.3 is 0 Å². The SMILES string of the molecule is CNC(=O)[C@@]1(Cc2ccc(-c3cccs3)cc2)CCCN(C(=O)Cc2cccnc2)C1. The van der Waals surface area contributed by atoms with Gasteiger partial charge in [0, 0.05) is 37.4 Å². The average Bonchev–Trinajstić information content (AvgIpc) is 3.35. The van der Waals surface area contributed by atoms with Crippen LogP contribution >= 0.6 is 11.3 Å². The van der Waals surface area contributed by atoms with Gasteiger partial charge in [0.15, 0.2) is 0 Å². The summed E-state index contributed by atoms with van der Waals surface area (Å²) in [7, 11) is 1.68. The first kappa shape index (κ1) is 21.2. The summed E-state index contributed by atoms with van der Waals surface area (Å²) in [4.78, 5) is 33.2. The van der Waals surface area contributed by atoms with Crippen LogP contribution in [0.15, 0.2) is 66.3 Å². The number of aromatic nitrogens is 1. The molecule has 2 amide bonds. The molecule has 31 heavy (non-hydrogen) atoms. The fourth-order valence-electron chi connectivity index (χ4n) is 4.43. The molecular formula is C25H27N3O2S. The number of hydrogen-bond acceptors (Lipinski definition) is 4. The predicted molar refractivity (Wildman–Crippen MR) is 124 cm³/mol. The minimum Gasteiger partial charge on any atom is -0.359 e. The first-order valence-electron chi connectivity index (χ1n) is 10.6. The Morgan fingerprint density at radius 3 is 2.65 bits per heavy atom. The van der Waals surface area contributed by atoms with E-state index in [1.807, 2.05) is 23.1 Å². The van der Waals surface area contributed by atoms with E-state index in [1.54, 1.807) is 30.8 Å². The zero-order valence-corrected chi connectivity index (χ0v) is 18.5. The maximum atomic E-state index is 13.0. The first-order chi connectivity index (χ1) is 15.1. The van der Waals surface area contributed by atoms with Gasteiger partial charge in [-0.05, 0) is 53.5 Å². The van der Waals surface area contributed by atoms with E-state index >= 15 is 0 Å². The lowest BCUT2D eigenvalue weighted by atomic mass is 9.74. The minimum atomic E-state index is -0.609. The van der Waals surface area contributed by atoms with Gasteiger partial charge in [-0.1, -0.05) is 36.4 Å². The average molecular weight is 434 g/mol. The number of hydrogen-bond donors (Lipinski definition) is 1. The summed E-state index contributed by atoms with van der Waals surface area (Å²) < 4.78 is 0. The molecule has 1 fully saturated rings. The highest BCUT2D eigenvalue weighted by molar-refractivity contribution is 7.13. The second kappa shape index (κ2) is 9.43. The fourth-order valence-corrected chi connectivity index (χ4v) is 5.16. The Balaban J connectivity index is 1.51. The van der Waals surface area contributed by atoms with Crippen LogP contribution in [0.1, 0.15) is 24.0 Å². The number of nitrogens with zero attached hydrogens (tertiary/aromatic N) is 2. The predicted octanol–water partition coefficient (Wildman–Crippen LogP) is 3.95. The largest absolute Gasteiger partial charge is 0.359 e.